The van der Waals surface area contributed by atoms with Crippen molar-refractivity contribution in [2.75, 3.05) is 25.5 Å². The number of carboxylic acid groups (broad SMARTS) is 1. The van der Waals surface area contributed by atoms with E-state index in [2.05, 4.69) is 5.32 Å². The van der Waals surface area contributed by atoms with Gasteiger partial charge in [0.2, 0.25) is 5.91 Å². The molecule has 5 nitrogen and oxygen atoms in total. The number of nitrogens with zero attached hydrogens (tertiary/aromatic N) is 1. The third-order valence-corrected chi connectivity index (χ3v) is 2.27. The second-order valence-corrected chi connectivity index (χ2v) is 3.91. The van der Waals surface area contributed by atoms with Crippen LogP contribution in [-0.4, -0.2) is 42.0 Å². The van der Waals surface area contributed by atoms with E-state index >= 15 is 0 Å². The lowest BCUT2D eigenvalue weighted by Crippen LogP contribution is -2.29. The average molecular weight is 254 g/mol. The van der Waals surface area contributed by atoms with Gasteiger partial charge in [-0.1, -0.05) is 12.1 Å². The van der Waals surface area contributed by atoms with Crippen LogP contribution in [-0.2, 0) is 9.59 Å². The van der Waals surface area contributed by atoms with Crippen LogP contribution < -0.4 is 5.32 Å². The molecule has 0 unspecified atom stereocenters. The molecular formula is C12H15FN2O3. The van der Waals surface area contributed by atoms with E-state index in [-0.39, 0.29) is 24.6 Å². The summed E-state index contributed by atoms with van der Waals surface area (Å²) in [5.41, 5.74) is 0.128. The van der Waals surface area contributed by atoms with Crippen LogP contribution in [0.4, 0.5) is 10.1 Å². The van der Waals surface area contributed by atoms with Gasteiger partial charge in [0.05, 0.1) is 12.2 Å². The molecule has 0 aliphatic carbocycles. The van der Waals surface area contributed by atoms with Gasteiger partial charge in [-0.3, -0.25) is 14.5 Å². The SMILES string of the molecule is CN(CCC(=O)Nc1ccccc1F)CC(=O)O. The lowest BCUT2D eigenvalue weighted by Gasteiger charge is -2.13. The number of likely N-dealkylation sites (N-methyl/N-ethyl adjacent to an activating group) is 1. The van der Waals surface area contributed by atoms with Crippen molar-refractivity contribution in [1.82, 2.24) is 4.90 Å². The highest BCUT2D eigenvalue weighted by molar-refractivity contribution is 5.90. The number of carbonyl (C=O) groups is 2. The van der Waals surface area contributed by atoms with Gasteiger partial charge in [0, 0.05) is 13.0 Å². The van der Waals surface area contributed by atoms with Crippen molar-refractivity contribution in [3.63, 3.8) is 0 Å². The fourth-order valence-electron chi connectivity index (χ4n) is 1.38. The maximum atomic E-state index is 13.2. The zero-order chi connectivity index (χ0) is 13.5. The van der Waals surface area contributed by atoms with Gasteiger partial charge in [0.15, 0.2) is 0 Å². The third kappa shape index (κ3) is 4.92. The number of nitrogens with one attached hydrogen (secondary N) is 1. The Morgan fingerprint density at radius 1 is 1.39 bits per heavy atom. The van der Waals surface area contributed by atoms with Crippen LogP contribution in [0.15, 0.2) is 24.3 Å². The second-order valence-electron chi connectivity index (χ2n) is 3.91. The van der Waals surface area contributed by atoms with E-state index in [4.69, 9.17) is 5.11 Å². The molecule has 1 aromatic rings. The Morgan fingerprint density at radius 2 is 2.06 bits per heavy atom. The van der Waals surface area contributed by atoms with E-state index in [1.54, 1.807) is 13.1 Å². The molecule has 0 saturated carbocycles. The largest absolute Gasteiger partial charge is 0.480 e. The number of para-hydroxylation sites is 1. The van der Waals surface area contributed by atoms with Gasteiger partial charge in [0.1, 0.15) is 5.82 Å². The number of aliphatic carboxylic acids is 1. The zero-order valence-electron chi connectivity index (χ0n) is 10.0. The van der Waals surface area contributed by atoms with Crippen molar-refractivity contribution < 1.29 is 19.1 Å². The second kappa shape index (κ2) is 6.70. The Hall–Kier alpha value is -1.95. The third-order valence-electron chi connectivity index (χ3n) is 2.27. The molecule has 1 aromatic carbocycles. The average Bonchev–Trinajstić information content (AvgIpc) is 2.29. The maximum absolute atomic E-state index is 13.2. The lowest BCUT2D eigenvalue weighted by atomic mass is 10.3. The molecule has 98 valence electrons. The number of amides is 1. The highest BCUT2D eigenvalue weighted by atomic mass is 19.1. The van der Waals surface area contributed by atoms with Crippen LogP contribution in [0.2, 0.25) is 0 Å². The molecule has 1 amide bonds. The van der Waals surface area contributed by atoms with Gasteiger partial charge in [-0.25, -0.2) is 4.39 Å². The van der Waals surface area contributed by atoms with E-state index in [0.717, 1.165) is 0 Å². The van der Waals surface area contributed by atoms with Crippen molar-refractivity contribution in [2.45, 2.75) is 6.42 Å². The first-order valence-electron chi connectivity index (χ1n) is 5.43. The molecule has 0 saturated heterocycles. The maximum Gasteiger partial charge on any atom is 0.317 e. The number of rotatable bonds is 6. The smallest absolute Gasteiger partial charge is 0.317 e. The first kappa shape index (κ1) is 14.1. The molecule has 0 aromatic heterocycles. The molecule has 6 heteroatoms. The van der Waals surface area contributed by atoms with Gasteiger partial charge in [-0.05, 0) is 19.2 Å². The number of carbonyl (C=O) groups excluding carboxylic acids is 1. The summed E-state index contributed by atoms with van der Waals surface area (Å²) in [5, 5.41) is 11.0. The molecule has 0 radical (unpaired) electrons. The molecule has 0 aliphatic rings. The summed E-state index contributed by atoms with van der Waals surface area (Å²) in [4.78, 5) is 23.4. The Balaban J connectivity index is 2.39. The summed E-state index contributed by atoms with van der Waals surface area (Å²) in [6.45, 7) is 0.166. The van der Waals surface area contributed by atoms with E-state index in [1.807, 2.05) is 0 Å². The van der Waals surface area contributed by atoms with Crippen molar-refractivity contribution in [2.24, 2.45) is 0 Å². The quantitative estimate of drug-likeness (QED) is 0.799. The van der Waals surface area contributed by atoms with Gasteiger partial charge < -0.3 is 10.4 Å². The van der Waals surface area contributed by atoms with Crippen LogP contribution in [0, 0.1) is 5.82 Å². The summed E-state index contributed by atoms with van der Waals surface area (Å²) < 4.78 is 13.2. The molecule has 0 spiro atoms. The number of hydrogen-bond acceptors (Lipinski definition) is 3. The number of hydrogen-bond donors (Lipinski definition) is 2. The Bertz CT molecular complexity index is 437. The van der Waals surface area contributed by atoms with Crippen LogP contribution in [0.1, 0.15) is 6.42 Å². The highest BCUT2D eigenvalue weighted by Crippen LogP contribution is 2.12. The summed E-state index contributed by atoms with van der Waals surface area (Å²) in [6.07, 6.45) is 0.109. The minimum absolute atomic E-state index is 0.109. The van der Waals surface area contributed by atoms with Gasteiger partial charge in [-0.2, -0.15) is 0 Å². The fourth-order valence-corrected chi connectivity index (χ4v) is 1.38. The van der Waals surface area contributed by atoms with Crippen LogP contribution in [0.3, 0.4) is 0 Å². The Kier molecular flexibility index (Phi) is 5.26. The molecule has 1 rings (SSSR count). The summed E-state index contributed by atoms with van der Waals surface area (Å²) in [6, 6.07) is 5.88. The predicted octanol–water partition coefficient (Wildman–Crippen LogP) is 1.17. The van der Waals surface area contributed by atoms with Crippen molar-refractivity contribution in [3.8, 4) is 0 Å². The monoisotopic (exact) mass is 254 g/mol. The van der Waals surface area contributed by atoms with Crippen molar-refractivity contribution in [1.29, 1.82) is 0 Å². The van der Waals surface area contributed by atoms with E-state index < -0.39 is 11.8 Å². The first-order chi connectivity index (χ1) is 8.49. The number of halogens is 1. The van der Waals surface area contributed by atoms with Crippen LogP contribution in [0.5, 0.6) is 0 Å². The Labute approximate surface area is 104 Å². The molecule has 0 atom stereocenters. The fraction of sp³-hybridized carbons (Fsp3) is 0.333. The minimum Gasteiger partial charge on any atom is -0.480 e. The van der Waals surface area contributed by atoms with Crippen LogP contribution >= 0.6 is 0 Å². The van der Waals surface area contributed by atoms with Gasteiger partial charge in [0.25, 0.3) is 0 Å². The normalized spacial score (nSPS) is 10.4. The molecular weight excluding hydrogens is 239 g/mol. The van der Waals surface area contributed by atoms with Crippen LogP contribution in [0.25, 0.3) is 0 Å². The topological polar surface area (TPSA) is 69.6 Å². The van der Waals surface area contributed by atoms with Gasteiger partial charge >= 0.3 is 5.97 Å². The predicted molar refractivity (Wildman–Crippen MR) is 64.8 cm³/mol. The molecule has 0 heterocycles. The van der Waals surface area contributed by atoms with Crippen molar-refractivity contribution in [3.05, 3.63) is 30.1 Å². The lowest BCUT2D eigenvalue weighted by molar-refractivity contribution is -0.138. The standard InChI is InChI=1S/C12H15FN2O3/c1-15(8-12(17)18)7-6-11(16)14-10-5-3-2-4-9(10)13/h2-5H,6-8H2,1H3,(H,14,16)(H,17,18). The minimum atomic E-state index is -0.952. The van der Waals surface area contributed by atoms with Crippen molar-refractivity contribution >= 4 is 17.6 Å². The van der Waals surface area contributed by atoms with E-state index in [0.29, 0.717) is 6.54 Å². The summed E-state index contributed by atoms with van der Waals surface area (Å²) >= 11 is 0. The van der Waals surface area contributed by atoms with E-state index in [1.165, 1.54) is 23.1 Å². The summed E-state index contributed by atoms with van der Waals surface area (Å²) in [7, 11) is 1.60. The Morgan fingerprint density at radius 3 is 2.67 bits per heavy atom. The molecule has 0 fully saturated rings. The molecule has 2 N–H and O–H groups in total. The zero-order valence-corrected chi connectivity index (χ0v) is 10.0. The highest BCUT2D eigenvalue weighted by Gasteiger charge is 2.09. The number of anilines is 1. The number of carboxylic acids is 1. The first-order valence-corrected chi connectivity index (χ1v) is 5.43. The molecule has 18 heavy (non-hydrogen) atoms. The summed E-state index contributed by atoms with van der Waals surface area (Å²) in [5.74, 6) is -1.80. The van der Waals surface area contributed by atoms with Gasteiger partial charge in [-0.15, -0.1) is 0 Å². The number of benzene rings is 1. The molecule has 0 bridgehead atoms. The molecule has 0 aliphatic heterocycles. The van der Waals surface area contributed by atoms with E-state index in [9.17, 15) is 14.0 Å².